The first-order valence-corrected chi connectivity index (χ1v) is 7.49. The summed E-state index contributed by atoms with van der Waals surface area (Å²) in [4.78, 5) is 18.7. The molecule has 1 fully saturated rings. The van der Waals surface area contributed by atoms with Gasteiger partial charge in [0.1, 0.15) is 0 Å². The van der Waals surface area contributed by atoms with Gasteiger partial charge in [-0.2, -0.15) is 0 Å². The Labute approximate surface area is 126 Å². The van der Waals surface area contributed by atoms with Gasteiger partial charge in [0.2, 0.25) is 0 Å². The van der Waals surface area contributed by atoms with E-state index in [-0.39, 0.29) is 5.91 Å². The van der Waals surface area contributed by atoms with Crippen LogP contribution >= 0.6 is 15.9 Å². The highest BCUT2D eigenvalue weighted by Gasteiger charge is 2.33. The molecular weight excluding hydrogens is 316 g/mol. The zero-order valence-electron chi connectivity index (χ0n) is 11.0. The van der Waals surface area contributed by atoms with Gasteiger partial charge < -0.3 is 4.90 Å². The number of halogens is 1. The molecule has 1 saturated carbocycles. The van der Waals surface area contributed by atoms with Crippen molar-refractivity contribution in [3.63, 3.8) is 0 Å². The first-order valence-electron chi connectivity index (χ1n) is 6.69. The monoisotopic (exact) mass is 330 g/mol. The number of hydrogen-bond donors (Lipinski definition) is 0. The van der Waals surface area contributed by atoms with Crippen LogP contribution in [0.1, 0.15) is 28.8 Å². The third-order valence-electron chi connectivity index (χ3n) is 3.40. The maximum atomic E-state index is 12.6. The summed E-state index contributed by atoms with van der Waals surface area (Å²) in [6, 6.07) is 12.3. The average Bonchev–Trinajstić information content (AvgIpc) is 3.30. The van der Waals surface area contributed by atoms with Crippen molar-refractivity contribution >= 4 is 21.8 Å². The minimum absolute atomic E-state index is 0.0603. The van der Waals surface area contributed by atoms with Crippen LogP contribution in [0.3, 0.4) is 0 Å². The summed E-state index contributed by atoms with van der Waals surface area (Å²) < 4.78 is 0.832. The molecule has 0 atom stereocenters. The molecule has 102 valence electrons. The number of carbonyl (C=O) groups excluding carboxylic acids is 1. The molecule has 0 saturated heterocycles. The lowest BCUT2D eigenvalue weighted by Crippen LogP contribution is -2.32. The molecule has 1 heterocycles. The minimum Gasteiger partial charge on any atom is -0.331 e. The number of amides is 1. The van der Waals surface area contributed by atoms with E-state index in [1.54, 1.807) is 12.4 Å². The molecule has 1 aromatic heterocycles. The number of rotatable bonds is 4. The molecular formula is C16H15BrN2O. The lowest BCUT2D eigenvalue weighted by molar-refractivity contribution is 0.0729. The van der Waals surface area contributed by atoms with Gasteiger partial charge in [-0.15, -0.1) is 0 Å². The van der Waals surface area contributed by atoms with Crippen molar-refractivity contribution in [2.75, 3.05) is 0 Å². The molecule has 20 heavy (non-hydrogen) atoms. The molecule has 1 aromatic carbocycles. The van der Waals surface area contributed by atoms with E-state index in [1.165, 1.54) is 0 Å². The molecule has 0 radical (unpaired) electrons. The van der Waals surface area contributed by atoms with Gasteiger partial charge in [-0.1, -0.05) is 30.3 Å². The summed E-state index contributed by atoms with van der Waals surface area (Å²) in [5.74, 6) is 0.0603. The molecule has 1 amide bonds. The lowest BCUT2D eigenvalue weighted by Gasteiger charge is -2.22. The van der Waals surface area contributed by atoms with E-state index >= 15 is 0 Å². The minimum atomic E-state index is 0.0603. The van der Waals surface area contributed by atoms with Crippen LogP contribution in [0.4, 0.5) is 0 Å². The summed E-state index contributed by atoms with van der Waals surface area (Å²) in [6.07, 6.45) is 5.52. The van der Waals surface area contributed by atoms with E-state index in [1.807, 2.05) is 29.2 Å². The van der Waals surface area contributed by atoms with Crippen LogP contribution < -0.4 is 0 Å². The predicted octanol–water partition coefficient (Wildman–Crippen LogP) is 3.65. The normalized spacial score (nSPS) is 14.1. The van der Waals surface area contributed by atoms with Gasteiger partial charge in [-0.25, -0.2) is 0 Å². The third kappa shape index (κ3) is 3.07. The lowest BCUT2D eigenvalue weighted by atomic mass is 10.2. The Morgan fingerprint density at radius 1 is 1.25 bits per heavy atom. The number of nitrogens with zero attached hydrogens (tertiary/aromatic N) is 2. The Bertz CT molecular complexity index is 611. The fraction of sp³-hybridized carbons (Fsp3) is 0.250. The summed E-state index contributed by atoms with van der Waals surface area (Å²) >= 11 is 3.37. The summed E-state index contributed by atoms with van der Waals surface area (Å²) in [5, 5.41) is 0. The molecule has 0 N–H and O–H groups in total. The second-order valence-corrected chi connectivity index (χ2v) is 5.96. The van der Waals surface area contributed by atoms with Gasteiger partial charge >= 0.3 is 0 Å². The molecule has 0 bridgehead atoms. The Kier molecular flexibility index (Phi) is 3.83. The SMILES string of the molecule is O=C(c1cncc(Br)c1)N(Cc1ccccc1)C1CC1. The third-order valence-corrected chi connectivity index (χ3v) is 3.83. The molecule has 1 aliphatic rings. The van der Waals surface area contributed by atoms with Gasteiger partial charge in [-0.05, 0) is 40.4 Å². The molecule has 3 nitrogen and oxygen atoms in total. The van der Waals surface area contributed by atoms with Crippen molar-refractivity contribution < 1.29 is 4.79 Å². The van der Waals surface area contributed by atoms with Gasteiger partial charge in [0.05, 0.1) is 5.56 Å². The van der Waals surface area contributed by atoms with Gasteiger partial charge in [0.15, 0.2) is 0 Å². The van der Waals surface area contributed by atoms with Gasteiger partial charge in [0.25, 0.3) is 5.91 Å². The second-order valence-electron chi connectivity index (χ2n) is 5.04. The Morgan fingerprint density at radius 2 is 2.00 bits per heavy atom. The van der Waals surface area contributed by atoms with Crippen LogP contribution in [0.25, 0.3) is 0 Å². The molecule has 3 rings (SSSR count). The largest absolute Gasteiger partial charge is 0.331 e. The molecule has 0 unspecified atom stereocenters. The zero-order chi connectivity index (χ0) is 13.9. The maximum Gasteiger partial charge on any atom is 0.256 e. The van der Waals surface area contributed by atoms with Crippen molar-refractivity contribution in [2.24, 2.45) is 0 Å². The van der Waals surface area contributed by atoms with Crippen molar-refractivity contribution in [2.45, 2.75) is 25.4 Å². The quantitative estimate of drug-likeness (QED) is 0.857. The first-order chi connectivity index (χ1) is 9.74. The van der Waals surface area contributed by atoms with E-state index in [9.17, 15) is 4.79 Å². The van der Waals surface area contributed by atoms with Crippen LogP contribution in [0.5, 0.6) is 0 Å². The molecule has 2 aromatic rings. The summed E-state index contributed by atoms with van der Waals surface area (Å²) in [6.45, 7) is 0.664. The zero-order valence-corrected chi connectivity index (χ0v) is 12.6. The van der Waals surface area contributed by atoms with E-state index in [0.29, 0.717) is 18.2 Å². The molecule has 0 spiro atoms. The standard InChI is InChI=1S/C16H15BrN2O/c17-14-8-13(9-18-10-14)16(20)19(15-6-7-15)11-12-4-2-1-3-5-12/h1-5,8-10,15H,6-7,11H2. The van der Waals surface area contributed by atoms with E-state index in [4.69, 9.17) is 0 Å². The van der Waals surface area contributed by atoms with Crippen LogP contribution in [-0.2, 0) is 6.54 Å². The predicted molar refractivity (Wildman–Crippen MR) is 81.3 cm³/mol. The highest BCUT2D eigenvalue weighted by atomic mass is 79.9. The first kappa shape index (κ1) is 13.3. The van der Waals surface area contributed by atoms with Crippen LogP contribution in [-0.4, -0.2) is 21.8 Å². The summed E-state index contributed by atoms with van der Waals surface area (Å²) in [7, 11) is 0. The van der Waals surface area contributed by atoms with Crippen molar-refractivity contribution in [3.8, 4) is 0 Å². The number of benzene rings is 1. The molecule has 1 aliphatic carbocycles. The molecule has 0 aliphatic heterocycles. The summed E-state index contributed by atoms with van der Waals surface area (Å²) in [5.41, 5.74) is 1.80. The second kappa shape index (κ2) is 5.75. The highest BCUT2D eigenvalue weighted by Crippen LogP contribution is 2.30. The highest BCUT2D eigenvalue weighted by molar-refractivity contribution is 9.10. The van der Waals surface area contributed by atoms with E-state index in [2.05, 4.69) is 33.0 Å². The Morgan fingerprint density at radius 3 is 2.65 bits per heavy atom. The Balaban J connectivity index is 1.82. The topological polar surface area (TPSA) is 33.2 Å². The van der Waals surface area contributed by atoms with Crippen molar-refractivity contribution in [1.82, 2.24) is 9.88 Å². The van der Waals surface area contributed by atoms with E-state index in [0.717, 1.165) is 22.9 Å². The van der Waals surface area contributed by atoms with Crippen molar-refractivity contribution in [1.29, 1.82) is 0 Å². The van der Waals surface area contributed by atoms with Crippen LogP contribution in [0.2, 0.25) is 0 Å². The fourth-order valence-corrected chi connectivity index (χ4v) is 2.59. The van der Waals surface area contributed by atoms with Crippen LogP contribution in [0, 0.1) is 0 Å². The molecule has 4 heteroatoms. The van der Waals surface area contributed by atoms with Crippen molar-refractivity contribution in [3.05, 3.63) is 64.4 Å². The Hall–Kier alpha value is -1.68. The average molecular weight is 331 g/mol. The number of carbonyl (C=O) groups is 1. The van der Waals surface area contributed by atoms with Crippen LogP contribution in [0.15, 0.2) is 53.3 Å². The van der Waals surface area contributed by atoms with Gasteiger partial charge in [0, 0.05) is 29.5 Å². The number of hydrogen-bond acceptors (Lipinski definition) is 2. The van der Waals surface area contributed by atoms with Gasteiger partial charge in [-0.3, -0.25) is 9.78 Å². The maximum absolute atomic E-state index is 12.6. The fourth-order valence-electron chi connectivity index (χ4n) is 2.23. The number of aromatic nitrogens is 1. The number of pyridine rings is 1. The van der Waals surface area contributed by atoms with E-state index < -0.39 is 0 Å². The smallest absolute Gasteiger partial charge is 0.256 e.